The first kappa shape index (κ1) is 19.1. The molecule has 5 rings (SSSR count). The second-order valence-electron chi connectivity index (χ2n) is 7.66. The molecule has 5 heteroatoms. The predicted octanol–water partition coefficient (Wildman–Crippen LogP) is 5.87. The number of aryl methyl sites for hydroxylation is 2. The average molecular weight is 409 g/mol. The van der Waals surface area contributed by atoms with Crippen LogP contribution in [0.25, 0.3) is 38.8 Å². The van der Waals surface area contributed by atoms with Crippen LogP contribution in [-0.4, -0.2) is 29.0 Å². The molecule has 0 spiro atoms. The van der Waals surface area contributed by atoms with Crippen LogP contribution in [0.2, 0.25) is 0 Å². The van der Waals surface area contributed by atoms with Crippen molar-refractivity contribution in [3.05, 3.63) is 78.0 Å². The highest BCUT2D eigenvalue weighted by atomic mass is 16.5. The van der Waals surface area contributed by atoms with Crippen LogP contribution in [0.5, 0.6) is 11.5 Å². The number of ether oxygens (including phenoxy) is 2. The zero-order valence-electron chi connectivity index (χ0n) is 18.0. The second kappa shape index (κ2) is 7.43. The molecule has 31 heavy (non-hydrogen) atoms. The molecule has 5 aromatic rings. The molecule has 0 N–H and O–H groups in total. The summed E-state index contributed by atoms with van der Waals surface area (Å²) in [6.45, 7) is 4.24. The Labute approximate surface area is 180 Å². The van der Waals surface area contributed by atoms with Gasteiger partial charge in [-0.2, -0.15) is 5.10 Å². The number of pyridine rings is 1. The maximum Gasteiger partial charge on any atom is 0.119 e. The maximum atomic E-state index is 5.50. The number of rotatable bonds is 4. The molecular weight excluding hydrogens is 386 g/mol. The van der Waals surface area contributed by atoms with Gasteiger partial charge in [-0.05, 0) is 79.6 Å². The fourth-order valence-electron chi connectivity index (χ4n) is 3.90. The van der Waals surface area contributed by atoms with Gasteiger partial charge in [-0.1, -0.05) is 6.07 Å². The summed E-state index contributed by atoms with van der Waals surface area (Å²) in [5.41, 5.74) is 7.30. The van der Waals surface area contributed by atoms with Gasteiger partial charge in [-0.25, -0.2) is 4.68 Å². The highest BCUT2D eigenvalue weighted by Crippen LogP contribution is 2.35. The minimum absolute atomic E-state index is 0.792. The summed E-state index contributed by atoms with van der Waals surface area (Å²) < 4.78 is 12.8. The Hall–Kier alpha value is -3.86. The Morgan fingerprint density at radius 1 is 0.742 bits per heavy atom. The molecule has 0 fully saturated rings. The van der Waals surface area contributed by atoms with Crippen molar-refractivity contribution in [3.8, 4) is 28.4 Å². The second-order valence-corrected chi connectivity index (χ2v) is 7.66. The van der Waals surface area contributed by atoms with Gasteiger partial charge >= 0.3 is 0 Å². The molecule has 0 bridgehead atoms. The Morgan fingerprint density at radius 3 is 2.19 bits per heavy atom. The molecule has 2 aromatic heterocycles. The number of nitrogens with zero attached hydrogens (tertiary/aromatic N) is 3. The summed E-state index contributed by atoms with van der Waals surface area (Å²) in [4.78, 5) is 4.71. The van der Waals surface area contributed by atoms with Crippen LogP contribution >= 0.6 is 0 Å². The highest BCUT2D eigenvalue weighted by Gasteiger charge is 2.18. The zero-order chi connectivity index (χ0) is 21.5. The molecule has 3 aromatic carbocycles. The van der Waals surface area contributed by atoms with E-state index < -0.39 is 0 Å². The van der Waals surface area contributed by atoms with Crippen LogP contribution in [0.1, 0.15) is 11.1 Å². The first-order valence-corrected chi connectivity index (χ1v) is 10.2. The molecule has 0 aliphatic carbocycles. The van der Waals surface area contributed by atoms with Gasteiger partial charge in [-0.3, -0.25) is 4.98 Å². The zero-order valence-corrected chi connectivity index (χ0v) is 18.0. The Kier molecular flexibility index (Phi) is 4.59. The van der Waals surface area contributed by atoms with E-state index in [0.717, 1.165) is 50.2 Å². The molecule has 2 heterocycles. The summed E-state index contributed by atoms with van der Waals surface area (Å²) in [5.74, 6) is 1.61. The Balaban J connectivity index is 1.86. The number of methoxy groups -OCH3 is 2. The van der Waals surface area contributed by atoms with E-state index in [-0.39, 0.29) is 0 Å². The van der Waals surface area contributed by atoms with Gasteiger partial charge in [0.05, 0.1) is 30.9 Å². The molecule has 0 radical (unpaired) electrons. The predicted molar refractivity (Wildman–Crippen MR) is 124 cm³/mol. The molecule has 154 valence electrons. The monoisotopic (exact) mass is 409 g/mol. The fraction of sp³-hybridized carbons (Fsp3) is 0.154. The van der Waals surface area contributed by atoms with Crippen LogP contribution < -0.4 is 9.47 Å². The SMILES string of the molecule is COc1ccc(-c2nn(-c3ccc(C)c(C)c3)c3c2cnc2ccc(OC)cc23)cc1. The highest BCUT2D eigenvalue weighted by molar-refractivity contribution is 6.09. The number of aromatic nitrogens is 3. The summed E-state index contributed by atoms with van der Waals surface area (Å²) in [5, 5.41) is 7.05. The standard InChI is InChI=1S/C26H23N3O2/c1-16-5-8-19(13-17(16)2)29-26-22-14-21(31-4)11-12-24(22)27-15-23(26)25(28-29)18-6-9-20(30-3)10-7-18/h5-15H,1-4H3. The van der Waals surface area contributed by atoms with Gasteiger partial charge in [0.2, 0.25) is 0 Å². The van der Waals surface area contributed by atoms with Crippen molar-refractivity contribution < 1.29 is 9.47 Å². The molecule has 0 atom stereocenters. The summed E-state index contributed by atoms with van der Waals surface area (Å²) in [6, 6.07) is 20.3. The molecule has 0 amide bonds. The minimum atomic E-state index is 0.792. The van der Waals surface area contributed by atoms with Crippen molar-refractivity contribution in [2.45, 2.75) is 13.8 Å². The lowest BCUT2D eigenvalue weighted by atomic mass is 10.1. The van der Waals surface area contributed by atoms with Crippen molar-refractivity contribution in [2.24, 2.45) is 0 Å². The van der Waals surface area contributed by atoms with Crippen molar-refractivity contribution in [1.82, 2.24) is 14.8 Å². The molecule has 5 nitrogen and oxygen atoms in total. The van der Waals surface area contributed by atoms with Crippen molar-refractivity contribution in [2.75, 3.05) is 14.2 Å². The van der Waals surface area contributed by atoms with Gasteiger partial charge in [0.15, 0.2) is 0 Å². The molecule has 0 aliphatic rings. The van der Waals surface area contributed by atoms with Crippen LogP contribution in [0.3, 0.4) is 0 Å². The van der Waals surface area contributed by atoms with E-state index in [1.165, 1.54) is 11.1 Å². The molecular formula is C26H23N3O2. The van der Waals surface area contributed by atoms with E-state index in [2.05, 4.69) is 32.0 Å². The molecule has 0 saturated heterocycles. The lowest BCUT2D eigenvalue weighted by molar-refractivity contribution is 0.415. The van der Waals surface area contributed by atoms with Crippen LogP contribution in [0.15, 0.2) is 66.9 Å². The van der Waals surface area contributed by atoms with E-state index in [1.807, 2.05) is 53.3 Å². The Morgan fingerprint density at radius 2 is 1.48 bits per heavy atom. The summed E-state index contributed by atoms with van der Waals surface area (Å²) in [6.07, 6.45) is 1.91. The first-order chi connectivity index (χ1) is 15.1. The van der Waals surface area contributed by atoms with Gasteiger partial charge in [0, 0.05) is 22.5 Å². The largest absolute Gasteiger partial charge is 0.497 e. The minimum Gasteiger partial charge on any atom is -0.497 e. The van der Waals surface area contributed by atoms with Crippen molar-refractivity contribution >= 4 is 21.8 Å². The van der Waals surface area contributed by atoms with Crippen LogP contribution in [0.4, 0.5) is 0 Å². The van der Waals surface area contributed by atoms with Gasteiger partial charge in [0.1, 0.15) is 17.2 Å². The van der Waals surface area contributed by atoms with E-state index in [4.69, 9.17) is 19.6 Å². The third-order valence-electron chi connectivity index (χ3n) is 5.81. The number of hydrogen-bond donors (Lipinski definition) is 0. The Bertz CT molecular complexity index is 1420. The summed E-state index contributed by atoms with van der Waals surface area (Å²) in [7, 11) is 3.35. The topological polar surface area (TPSA) is 49.2 Å². The molecule has 0 aliphatic heterocycles. The molecule has 0 saturated carbocycles. The lowest BCUT2D eigenvalue weighted by Crippen LogP contribution is -1.99. The van der Waals surface area contributed by atoms with E-state index in [9.17, 15) is 0 Å². The van der Waals surface area contributed by atoms with Crippen molar-refractivity contribution in [1.29, 1.82) is 0 Å². The normalized spacial score (nSPS) is 11.2. The number of benzene rings is 3. The quantitative estimate of drug-likeness (QED) is 0.372. The third-order valence-corrected chi connectivity index (χ3v) is 5.81. The van der Waals surface area contributed by atoms with Gasteiger partial charge in [0.25, 0.3) is 0 Å². The fourth-order valence-corrected chi connectivity index (χ4v) is 3.90. The maximum absolute atomic E-state index is 5.50. The van der Waals surface area contributed by atoms with Crippen LogP contribution in [-0.2, 0) is 0 Å². The van der Waals surface area contributed by atoms with Gasteiger partial charge in [-0.15, -0.1) is 0 Å². The van der Waals surface area contributed by atoms with E-state index in [0.29, 0.717) is 0 Å². The van der Waals surface area contributed by atoms with E-state index in [1.54, 1.807) is 14.2 Å². The number of hydrogen-bond acceptors (Lipinski definition) is 4. The average Bonchev–Trinajstić information content (AvgIpc) is 3.20. The number of fused-ring (bicyclic) bond motifs is 3. The van der Waals surface area contributed by atoms with Gasteiger partial charge < -0.3 is 9.47 Å². The first-order valence-electron chi connectivity index (χ1n) is 10.2. The smallest absolute Gasteiger partial charge is 0.119 e. The van der Waals surface area contributed by atoms with Crippen molar-refractivity contribution in [3.63, 3.8) is 0 Å². The molecule has 0 unspecified atom stereocenters. The van der Waals surface area contributed by atoms with Crippen LogP contribution in [0, 0.1) is 13.8 Å². The van der Waals surface area contributed by atoms with E-state index >= 15 is 0 Å². The lowest BCUT2D eigenvalue weighted by Gasteiger charge is -2.09. The summed E-state index contributed by atoms with van der Waals surface area (Å²) >= 11 is 0. The third kappa shape index (κ3) is 3.19.